The average Bonchev–Trinajstić information content (AvgIpc) is 2.20. The van der Waals surface area contributed by atoms with E-state index >= 15 is 0 Å². The molecule has 1 nitrogen and oxygen atoms in total. The van der Waals surface area contributed by atoms with Gasteiger partial charge in [0.2, 0.25) is 0 Å². The first-order valence-corrected chi connectivity index (χ1v) is 4.38. The van der Waals surface area contributed by atoms with Crippen LogP contribution in [0.5, 0.6) is 0 Å². The maximum Gasteiger partial charge on any atom is 0.131 e. The van der Waals surface area contributed by atoms with Crippen LogP contribution >= 0.6 is 12.4 Å². The lowest BCUT2D eigenvalue weighted by Crippen LogP contribution is -1.86. The van der Waals surface area contributed by atoms with Crippen LogP contribution < -0.4 is 5.73 Å². The zero-order chi connectivity index (χ0) is 9.97. The van der Waals surface area contributed by atoms with Crippen molar-refractivity contribution in [3.05, 3.63) is 54.3 Å². The van der Waals surface area contributed by atoms with Crippen molar-refractivity contribution in [1.82, 2.24) is 0 Å². The van der Waals surface area contributed by atoms with Gasteiger partial charge in [-0.1, -0.05) is 30.3 Å². The summed E-state index contributed by atoms with van der Waals surface area (Å²) in [6.45, 7) is 0. The molecule has 2 rings (SSSR count). The van der Waals surface area contributed by atoms with Crippen LogP contribution in [-0.4, -0.2) is 0 Å². The molecule has 0 aliphatic rings. The predicted molar refractivity (Wildman–Crippen MR) is 63.5 cm³/mol. The van der Waals surface area contributed by atoms with Gasteiger partial charge in [-0.3, -0.25) is 0 Å². The molecule has 0 heterocycles. The summed E-state index contributed by atoms with van der Waals surface area (Å²) < 4.78 is 13.3. The molecule has 15 heavy (non-hydrogen) atoms. The highest BCUT2D eigenvalue weighted by Gasteiger charge is 2.02. The molecule has 3 heteroatoms. The van der Waals surface area contributed by atoms with Gasteiger partial charge < -0.3 is 5.73 Å². The summed E-state index contributed by atoms with van der Waals surface area (Å²) in [4.78, 5) is 0. The smallest absolute Gasteiger partial charge is 0.131 e. The number of hydrogen-bond donors (Lipinski definition) is 1. The maximum absolute atomic E-state index is 13.3. The quantitative estimate of drug-likeness (QED) is 0.736. The lowest BCUT2D eigenvalue weighted by Gasteiger charge is -2.02. The molecule has 0 spiro atoms. The van der Waals surface area contributed by atoms with Crippen molar-refractivity contribution in [2.45, 2.75) is 0 Å². The lowest BCUT2D eigenvalue weighted by atomic mass is 10.1. The van der Waals surface area contributed by atoms with Crippen LogP contribution in [0.3, 0.4) is 0 Å². The fraction of sp³-hybridized carbons (Fsp3) is 0. The summed E-state index contributed by atoms with van der Waals surface area (Å²) in [5.74, 6) is -0.211. The zero-order valence-corrected chi connectivity index (χ0v) is 8.80. The van der Waals surface area contributed by atoms with Gasteiger partial charge in [0.25, 0.3) is 0 Å². The van der Waals surface area contributed by atoms with E-state index in [0.717, 1.165) is 5.56 Å². The van der Waals surface area contributed by atoms with E-state index in [1.807, 2.05) is 18.2 Å². The molecule has 0 fully saturated rings. The summed E-state index contributed by atoms with van der Waals surface area (Å²) in [6, 6.07) is 13.8. The van der Waals surface area contributed by atoms with Crippen molar-refractivity contribution in [2.75, 3.05) is 5.73 Å². The predicted octanol–water partition coefficient (Wildman–Crippen LogP) is 3.50. The number of hydrogen-bond acceptors (Lipinski definition) is 1. The van der Waals surface area contributed by atoms with E-state index in [4.69, 9.17) is 5.73 Å². The van der Waals surface area contributed by atoms with E-state index < -0.39 is 0 Å². The molecule has 0 atom stereocenters. The highest BCUT2D eigenvalue weighted by atomic mass is 35.5. The van der Waals surface area contributed by atoms with Crippen molar-refractivity contribution in [3.8, 4) is 11.1 Å². The second-order valence-corrected chi connectivity index (χ2v) is 3.10. The van der Waals surface area contributed by atoms with Crippen molar-refractivity contribution in [1.29, 1.82) is 0 Å². The first-order chi connectivity index (χ1) is 6.77. The van der Waals surface area contributed by atoms with Gasteiger partial charge >= 0.3 is 0 Å². The fourth-order valence-corrected chi connectivity index (χ4v) is 1.36. The van der Waals surface area contributed by atoms with Crippen LogP contribution in [-0.2, 0) is 0 Å². The third-order valence-electron chi connectivity index (χ3n) is 2.10. The summed E-state index contributed by atoms with van der Waals surface area (Å²) in [7, 11) is 0. The van der Waals surface area contributed by atoms with Crippen LogP contribution in [0.1, 0.15) is 0 Å². The summed E-state index contributed by atoms with van der Waals surface area (Å²) in [5, 5.41) is 0. The molecule has 2 aromatic rings. The number of nitrogens with two attached hydrogens (primary N) is 1. The minimum absolute atomic E-state index is 0. The van der Waals surface area contributed by atoms with Crippen molar-refractivity contribution in [3.63, 3.8) is 0 Å². The van der Waals surface area contributed by atoms with Gasteiger partial charge in [0.15, 0.2) is 0 Å². The number of anilines is 1. The minimum atomic E-state index is -0.211. The van der Waals surface area contributed by atoms with E-state index in [-0.39, 0.29) is 18.2 Å². The Bertz CT molecular complexity index is 440. The molecule has 0 unspecified atom stereocenters. The first kappa shape index (κ1) is 11.5. The number of halogens is 2. The molecular formula is C12H11ClFN. The summed E-state index contributed by atoms with van der Waals surface area (Å²) in [5.41, 5.74) is 7.68. The van der Waals surface area contributed by atoms with Crippen molar-refractivity contribution < 1.29 is 4.39 Å². The first-order valence-electron chi connectivity index (χ1n) is 4.38. The molecular weight excluding hydrogens is 213 g/mol. The Morgan fingerprint density at radius 2 is 1.47 bits per heavy atom. The Balaban J connectivity index is 0.00000112. The Hall–Kier alpha value is -1.54. The highest BCUT2D eigenvalue weighted by molar-refractivity contribution is 5.85. The number of benzene rings is 2. The SMILES string of the molecule is Cl.Nc1ccc(-c2ccccc2F)cc1. The molecule has 0 aliphatic carbocycles. The molecule has 2 aromatic carbocycles. The van der Waals surface area contributed by atoms with Gasteiger partial charge in [-0.05, 0) is 23.8 Å². The second kappa shape index (κ2) is 4.80. The van der Waals surface area contributed by atoms with Crippen LogP contribution in [0.2, 0.25) is 0 Å². The van der Waals surface area contributed by atoms with E-state index in [0.29, 0.717) is 11.3 Å². The third kappa shape index (κ3) is 2.48. The number of nitrogen functional groups attached to an aromatic ring is 1. The van der Waals surface area contributed by atoms with Gasteiger partial charge in [0.05, 0.1) is 0 Å². The van der Waals surface area contributed by atoms with Crippen molar-refractivity contribution in [2.24, 2.45) is 0 Å². The average molecular weight is 224 g/mol. The monoisotopic (exact) mass is 223 g/mol. The molecule has 0 radical (unpaired) electrons. The molecule has 0 bridgehead atoms. The van der Waals surface area contributed by atoms with Crippen LogP contribution in [0.25, 0.3) is 11.1 Å². The van der Waals surface area contributed by atoms with Crippen LogP contribution in [0.4, 0.5) is 10.1 Å². The van der Waals surface area contributed by atoms with E-state index in [2.05, 4.69) is 0 Å². The third-order valence-corrected chi connectivity index (χ3v) is 2.10. The molecule has 2 N–H and O–H groups in total. The Kier molecular flexibility index (Phi) is 3.69. The molecule has 0 amide bonds. The van der Waals surface area contributed by atoms with Gasteiger partial charge in [0, 0.05) is 11.3 Å². The van der Waals surface area contributed by atoms with E-state index in [9.17, 15) is 4.39 Å². The largest absolute Gasteiger partial charge is 0.399 e. The summed E-state index contributed by atoms with van der Waals surface area (Å²) in [6.07, 6.45) is 0. The second-order valence-electron chi connectivity index (χ2n) is 3.10. The standard InChI is InChI=1S/C12H10FN.ClH/c13-12-4-2-1-3-11(12)9-5-7-10(14)8-6-9;/h1-8H,14H2;1H. The minimum Gasteiger partial charge on any atom is -0.399 e. The highest BCUT2D eigenvalue weighted by Crippen LogP contribution is 2.22. The molecule has 0 saturated heterocycles. The molecule has 0 aliphatic heterocycles. The van der Waals surface area contributed by atoms with Crippen molar-refractivity contribution >= 4 is 18.1 Å². The van der Waals surface area contributed by atoms with Gasteiger partial charge in [-0.2, -0.15) is 0 Å². The summed E-state index contributed by atoms with van der Waals surface area (Å²) >= 11 is 0. The maximum atomic E-state index is 13.3. The van der Waals surface area contributed by atoms with Gasteiger partial charge in [-0.15, -0.1) is 12.4 Å². The van der Waals surface area contributed by atoms with Gasteiger partial charge in [0.1, 0.15) is 5.82 Å². The van der Waals surface area contributed by atoms with E-state index in [1.54, 1.807) is 24.3 Å². The Morgan fingerprint density at radius 3 is 2.07 bits per heavy atom. The zero-order valence-electron chi connectivity index (χ0n) is 7.98. The Morgan fingerprint density at radius 1 is 0.867 bits per heavy atom. The Labute approximate surface area is 94.1 Å². The molecule has 0 saturated carbocycles. The topological polar surface area (TPSA) is 26.0 Å². The normalized spacial score (nSPS) is 9.40. The van der Waals surface area contributed by atoms with Crippen LogP contribution in [0, 0.1) is 5.82 Å². The lowest BCUT2D eigenvalue weighted by molar-refractivity contribution is 0.631. The molecule has 0 aromatic heterocycles. The van der Waals surface area contributed by atoms with Crippen LogP contribution in [0.15, 0.2) is 48.5 Å². The molecule has 78 valence electrons. The van der Waals surface area contributed by atoms with E-state index in [1.165, 1.54) is 6.07 Å². The van der Waals surface area contributed by atoms with Gasteiger partial charge in [-0.25, -0.2) is 4.39 Å². The fourth-order valence-electron chi connectivity index (χ4n) is 1.36. The number of rotatable bonds is 1.